The van der Waals surface area contributed by atoms with Gasteiger partial charge in [0.05, 0.1) is 16.4 Å². The third kappa shape index (κ3) is 9.65. The Hall–Kier alpha value is -2.48. The first-order chi connectivity index (χ1) is 23.5. The number of unbranched alkanes of at least 4 members (excludes halogenated alkanes) is 1. The number of halogens is 2. The van der Waals surface area contributed by atoms with Gasteiger partial charge in [-0.05, 0) is 93.7 Å². The number of allylic oxidation sites excluding steroid dienone is 5. The fourth-order valence-electron chi connectivity index (χ4n) is 5.74. The molecular weight excluding hydrogens is 722 g/mol. The number of hydrogen-bond donors (Lipinski definition) is 0. The van der Waals surface area contributed by atoms with Gasteiger partial charge in [-0.2, -0.15) is 8.90 Å². The van der Waals surface area contributed by atoms with Crippen LogP contribution in [0.5, 0.6) is 0 Å². The molecule has 1 aliphatic heterocycles. The summed E-state index contributed by atoms with van der Waals surface area (Å²) in [4.78, 5) is 18.6. The molecule has 5 rings (SSSR count). The highest BCUT2D eigenvalue weighted by Crippen LogP contribution is 2.47. The Bertz CT molecular complexity index is 1800. The summed E-state index contributed by atoms with van der Waals surface area (Å²) in [5, 5.41) is 17.2. The van der Waals surface area contributed by atoms with E-state index in [0.717, 1.165) is 98.5 Å². The number of fused-ring (bicyclic) bond motifs is 2. The normalized spacial score (nSPS) is 16.6. The molecule has 0 atom stereocenters. The molecule has 1 aliphatic carbocycles. The first-order valence-corrected chi connectivity index (χ1v) is 19.5. The van der Waals surface area contributed by atoms with Gasteiger partial charge in [0.25, 0.3) is 5.01 Å². The lowest BCUT2D eigenvalue weighted by Gasteiger charge is -2.26. The fourth-order valence-corrected chi connectivity index (χ4v) is 8.57. The number of aryl methyl sites for hydroxylation is 1. The van der Waals surface area contributed by atoms with Crippen LogP contribution >= 0.6 is 58.3 Å². The highest BCUT2D eigenvalue weighted by Gasteiger charge is 2.30. The summed E-state index contributed by atoms with van der Waals surface area (Å²) in [6.45, 7) is 9.42. The predicted molar refractivity (Wildman–Crippen MR) is 201 cm³/mol. The van der Waals surface area contributed by atoms with Gasteiger partial charge in [0, 0.05) is 64.9 Å². The van der Waals surface area contributed by atoms with E-state index >= 15 is 0 Å². The van der Waals surface area contributed by atoms with E-state index in [1.807, 2.05) is 51.1 Å². The summed E-state index contributed by atoms with van der Waals surface area (Å²) >= 11 is 17.2. The number of ether oxygens (including phenoxy) is 1. The van der Waals surface area contributed by atoms with Crippen molar-refractivity contribution >= 4 is 86.4 Å². The Kier molecular flexibility index (Phi) is 13.2. The summed E-state index contributed by atoms with van der Waals surface area (Å²) in [5.74, 6) is 0.586. The second kappa shape index (κ2) is 17.2. The molecule has 13 heteroatoms. The van der Waals surface area contributed by atoms with E-state index in [-0.39, 0.29) is 0 Å². The lowest BCUT2D eigenvalue weighted by Crippen LogP contribution is -2.35. The number of anilines is 1. The van der Waals surface area contributed by atoms with Gasteiger partial charge in [-0.1, -0.05) is 65.7 Å². The number of amides is 1. The van der Waals surface area contributed by atoms with Crippen LogP contribution in [0.1, 0.15) is 64.8 Å². The number of carbonyl (C=O) groups excluding carboxylic acids is 1. The second-order valence-electron chi connectivity index (χ2n) is 12.7. The highest BCUT2D eigenvalue weighted by atomic mass is 35.5. The minimum absolute atomic E-state index is 0.399. The zero-order valence-electron chi connectivity index (χ0n) is 28.3. The van der Waals surface area contributed by atoms with Crippen LogP contribution < -0.4 is 14.7 Å². The molecule has 0 fully saturated rings. The fraction of sp³-hybridized carbons (Fsp3) is 0.389. The van der Waals surface area contributed by atoms with Crippen molar-refractivity contribution in [2.24, 2.45) is 0 Å². The molecule has 3 aromatic rings. The Labute approximate surface area is 311 Å². The van der Waals surface area contributed by atoms with Crippen molar-refractivity contribution in [2.45, 2.75) is 76.8 Å². The van der Waals surface area contributed by atoms with Crippen molar-refractivity contribution in [1.29, 1.82) is 0 Å². The van der Waals surface area contributed by atoms with Crippen molar-refractivity contribution < 1.29 is 28.7 Å². The minimum Gasteiger partial charge on any atom is -0.691 e. The molecule has 0 N–H and O–H groups in total. The summed E-state index contributed by atoms with van der Waals surface area (Å²) in [6.07, 6.45) is 12.6. The maximum absolute atomic E-state index is 13.4. The number of rotatable bonds is 13. The second-order valence-corrected chi connectivity index (χ2v) is 16.5. The maximum atomic E-state index is 13.4. The van der Waals surface area contributed by atoms with E-state index in [4.69, 9.17) is 27.9 Å². The number of hydrogen-bond acceptors (Lipinski definition) is 9. The van der Waals surface area contributed by atoms with Crippen LogP contribution in [0.2, 0.25) is 10.0 Å². The van der Waals surface area contributed by atoms with E-state index in [0.29, 0.717) is 17.3 Å². The Morgan fingerprint density at radius 2 is 1.88 bits per heavy atom. The standard InChI is InChI=1S/C36H41Cl2N3O5S3/c1-6-7-19-40-28-22-26(37)13-15-30(28)48-32(40)17-11-24-9-10-25(34(24)39(5)35(42)44-36(2,3)4)12-18-33-41(20-8-21-47-46-45-43)29-23-27(38)14-16-31(29)49-33/h11-18,22-23H,6-10,19-21H2,1-5H3. The van der Waals surface area contributed by atoms with Crippen LogP contribution in [0.4, 0.5) is 10.5 Å². The van der Waals surface area contributed by atoms with Gasteiger partial charge in [-0.15, -0.1) is 0 Å². The van der Waals surface area contributed by atoms with Gasteiger partial charge in [0.1, 0.15) is 10.3 Å². The largest absolute Gasteiger partial charge is 0.691 e. The van der Waals surface area contributed by atoms with E-state index < -0.39 is 11.7 Å². The van der Waals surface area contributed by atoms with Gasteiger partial charge >= 0.3 is 6.09 Å². The summed E-state index contributed by atoms with van der Waals surface area (Å²) in [7, 11) is 1.78. The van der Waals surface area contributed by atoms with Crippen LogP contribution in [-0.4, -0.2) is 35.9 Å². The molecule has 2 aromatic carbocycles. The third-order valence-corrected chi connectivity index (χ3v) is 11.3. The number of carbonyl (C=O) groups is 1. The van der Waals surface area contributed by atoms with Crippen molar-refractivity contribution in [2.75, 3.05) is 24.2 Å². The van der Waals surface area contributed by atoms with Gasteiger partial charge < -0.3 is 14.9 Å². The van der Waals surface area contributed by atoms with E-state index in [9.17, 15) is 10.1 Å². The van der Waals surface area contributed by atoms with E-state index in [1.165, 1.54) is 4.90 Å². The molecule has 2 aliphatic rings. The Morgan fingerprint density at radius 1 is 1.10 bits per heavy atom. The predicted octanol–water partition coefficient (Wildman–Crippen LogP) is 9.87. The Balaban J connectivity index is 1.51. The van der Waals surface area contributed by atoms with Gasteiger partial charge in [0.15, 0.2) is 6.54 Å². The average molecular weight is 763 g/mol. The van der Waals surface area contributed by atoms with E-state index in [1.54, 1.807) is 35.0 Å². The quantitative estimate of drug-likeness (QED) is 0.0560. The SMILES string of the molecule is CCCCN1/C(=C/C=C2CCC(/C=C/c3sc4ccc(Cl)cc4[n+]3CCCSOO[O-])=C2N(C)C(=O)OC(C)(C)C)Sc2ccc(Cl)cc21. The van der Waals surface area contributed by atoms with Gasteiger partial charge in [0.2, 0.25) is 5.52 Å². The van der Waals surface area contributed by atoms with Crippen LogP contribution in [0.25, 0.3) is 16.3 Å². The van der Waals surface area contributed by atoms with Crippen molar-refractivity contribution in [1.82, 2.24) is 4.90 Å². The minimum atomic E-state index is -0.632. The number of thioether (sulfide) groups is 1. The molecule has 0 saturated heterocycles. The number of aromatic nitrogens is 1. The van der Waals surface area contributed by atoms with E-state index in [2.05, 4.69) is 56.1 Å². The first kappa shape index (κ1) is 37.8. The molecule has 2 heterocycles. The summed E-state index contributed by atoms with van der Waals surface area (Å²) < 4.78 is 13.6. The molecule has 1 aromatic heterocycles. The first-order valence-electron chi connectivity index (χ1n) is 16.2. The number of thiazole rings is 1. The monoisotopic (exact) mass is 761 g/mol. The summed E-state index contributed by atoms with van der Waals surface area (Å²) in [5.41, 5.74) is 4.51. The van der Waals surface area contributed by atoms with Gasteiger partial charge in [-0.3, -0.25) is 9.94 Å². The smallest absolute Gasteiger partial charge is 0.414 e. The van der Waals surface area contributed by atoms with Crippen molar-refractivity contribution in [3.8, 4) is 0 Å². The molecule has 262 valence electrons. The van der Waals surface area contributed by atoms with Gasteiger partial charge in [-0.25, -0.2) is 4.79 Å². The van der Waals surface area contributed by atoms with Crippen LogP contribution in [-0.2, 0) is 20.7 Å². The molecule has 0 unspecified atom stereocenters. The molecule has 0 saturated carbocycles. The zero-order valence-corrected chi connectivity index (χ0v) is 32.3. The van der Waals surface area contributed by atoms with Crippen molar-refractivity contribution in [3.05, 3.63) is 91.6 Å². The lowest BCUT2D eigenvalue weighted by molar-refractivity contribution is -0.777. The number of likely N-dealkylation sites (N-methyl/N-ethyl adjacent to an activating group) is 1. The summed E-state index contributed by atoms with van der Waals surface area (Å²) in [6, 6.07) is 11.9. The maximum Gasteiger partial charge on any atom is 0.414 e. The topological polar surface area (TPSA) is 78.2 Å². The van der Waals surface area contributed by atoms with Crippen LogP contribution in [0.3, 0.4) is 0 Å². The molecule has 1 amide bonds. The number of nitrogens with zero attached hydrogens (tertiary/aromatic N) is 3. The zero-order chi connectivity index (χ0) is 35.1. The third-order valence-electron chi connectivity index (χ3n) is 7.93. The molecule has 0 radical (unpaired) electrons. The molecule has 49 heavy (non-hydrogen) atoms. The Morgan fingerprint density at radius 3 is 2.63 bits per heavy atom. The molecular formula is C36H41Cl2N3O5S3. The van der Waals surface area contributed by atoms with Crippen molar-refractivity contribution in [3.63, 3.8) is 0 Å². The lowest BCUT2D eigenvalue weighted by atomic mass is 10.1. The molecule has 0 bridgehead atoms. The van der Waals surface area contributed by atoms with Crippen LogP contribution in [0, 0.1) is 0 Å². The highest BCUT2D eigenvalue weighted by molar-refractivity contribution is 8.03. The average Bonchev–Trinajstić information content (AvgIpc) is 3.72. The molecule has 0 spiro atoms. The molecule has 8 nitrogen and oxygen atoms in total. The van der Waals surface area contributed by atoms with Crippen LogP contribution in [0.15, 0.2) is 81.4 Å². The number of benzene rings is 2.